The van der Waals surface area contributed by atoms with Crippen molar-refractivity contribution in [2.75, 3.05) is 7.11 Å². The lowest BCUT2D eigenvalue weighted by molar-refractivity contribution is 0.403. The van der Waals surface area contributed by atoms with E-state index >= 15 is 0 Å². The summed E-state index contributed by atoms with van der Waals surface area (Å²) in [7, 11) is -0.0167. The van der Waals surface area contributed by atoms with Gasteiger partial charge in [-0.15, -0.1) is 11.8 Å². The minimum absolute atomic E-state index is 0.388. The van der Waals surface area contributed by atoms with E-state index in [9.17, 15) is 10.0 Å². The molecule has 0 saturated carbocycles. The molecular weight excluding hydrogens is 263 g/mol. The van der Waals surface area contributed by atoms with E-state index < -0.39 is 7.12 Å². The summed E-state index contributed by atoms with van der Waals surface area (Å²) in [6.07, 6.45) is 1.66. The van der Waals surface area contributed by atoms with Gasteiger partial charge in [0.2, 0.25) is 0 Å². The number of rotatable bonds is 6. The van der Waals surface area contributed by atoms with Crippen LogP contribution in [-0.4, -0.2) is 24.3 Å². The first-order valence-electron chi connectivity index (χ1n) is 5.84. The summed E-state index contributed by atoms with van der Waals surface area (Å²) in [6.45, 7) is 0. The average Bonchev–Trinajstić information content (AvgIpc) is 2.91. The second kappa shape index (κ2) is 6.70. The molecule has 0 unspecified atom stereocenters. The molecule has 2 aromatic rings. The van der Waals surface area contributed by atoms with Crippen LogP contribution in [0.25, 0.3) is 0 Å². The fourth-order valence-electron chi connectivity index (χ4n) is 1.74. The van der Waals surface area contributed by atoms with Crippen molar-refractivity contribution in [1.29, 1.82) is 0 Å². The topological polar surface area (TPSA) is 62.8 Å². The van der Waals surface area contributed by atoms with Gasteiger partial charge in [0.15, 0.2) is 0 Å². The van der Waals surface area contributed by atoms with Gasteiger partial charge < -0.3 is 19.2 Å². The van der Waals surface area contributed by atoms with Crippen LogP contribution in [-0.2, 0) is 11.5 Å². The summed E-state index contributed by atoms with van der Waals surface area (Å²) >= 11 is 1.70. The largest absolute Gasteiger partial charge is 0.497 e. The van der Waals surface area contributed by atoms with E-state index in [0.29, 0.717) is 11.2 Å². The Morgan fingerprint density at radius 2 is 2.11 bits per heavy atom. The first-order valence-corrected chi connectivity index (χ1v) is 6.99. The Morgan fingerprint density at radius 1 is 1.26 bits per heavy atom. The van der Waals surface area contributed by atoms with Gasteiger partial charge in [0.05, 0.1) is 19.1 Å². The van der Waals surface area contributed by atoms with Gasteiger partial charge in [0.1, 0.15) is 11.5 Å². The maximum atomic E-state index is 9.29. The molecule has 0 aliphatic carbocycles. The lowest BCUT2D eigenvalue weighted by Gasteiger charge is -2.09. The molecule has 0 aliphatic heterocycles. The Labute approximate surface area is 116 Å². The highest BCUT2D eigenvalue weighted by Crippen LogP contribution is 2.19. The van der Waals surface area contributed by atoms with Crippen molar-refractivity contribution in [1.82, 2.24) is 0 Å². The number of benzene rings is 1. The SMILES string of the molecule is COc1ccc(CSCc2ccco2)cc1B(O)O. The lowest BCUT2D eigenvalue weighted by atomic mass is 9.79. The van der Waals surface area contributed by atoms with Crippen LogP contribution < -0.4 is 10.2 Å². The molecule has 0 bridgehead atoms. The van der Waals surface area contributed by atoms with Gasteiger partial charge in [0.25, 0.3) is 0 Å². The smallest absolute Gasteiger partial charge is 0.492 e. The molecule has 0 fully saturated rings. The monoisotopic (exact) mass is 278 g/mol. The molecule has 0 radical (unpaired) electrons. The molecule has 0 saturated heterocycles. The van der Waals surface area contributed by atoms with Gasteiger partial charge in [-0.2, -0.15) is 0 Å². The summed E-state index contributed by atoms with van der Waals surface area (Å²) in [5.41, 5.74) is 1.40. The summed E-state index contributed by atoms with van der Waals surface area (Å²) in [5.74, 6) is 2.97. The van der Waals surface area contributed by atoms with Crippen LogP contribution in [0.1, 0.15) is 11.3 Å². The number of methoxy groups -OCH3 is 1. The first-order chi connectivity index (χ1) is 9.20. The van der Waals surface area contributed by atoms with Crippen LogP contribution in [0.5, 0.6) is 5.75 Å². The molecule has 100 valence electrons. The standard InChI is InChI=1S/C13H15BO4S/c1-17-13-5-4-10(7-12(13)14(15)16)8-19-9-11-3-2-6-18-11/h2-7,15-16H,8-9H2,1H3. The Morgan fingerprint density at radius 3 is 2.74 bits per heavy atom. The van der Waals surface area contributed by atoms with Gasteiger partial charge in [0, 0.05) is 11.2 Å². The van der Waals surface area contributed by atoms with E-state index in [2.05, 4.69) is 0 Å². The molecular formula is C13H15BO4S. The molecule has 1 aromatic heterocycles. The Bertz CT molecular complexity index is 513. The molecule has 2 rings (SSSR count). The number of hydrogen-bond acceptors (Lipinski definition) is 5. The minimum Gasteiger partial charge on any atom is -0.497 e. The quantitative estimate of drug-likeness (QED) is 0.782. The maximum absolute atomic E-state index is 9.29. The van der Waals surface area contributed by atoms with Crippen molar-refractivity contribution in [2.24, 2.45) is 0 Å². The minimum atomic E-state index is -1.52. The normalized spacial score (nSPS) is 10.5. The first kappa shape index (κ1) is 14.1. The van der Waals surface area contributed by atoms with E-state index in [4.69, 9.17) is 9.15 Å². The van der Waals surface area contributed by atoms with Gasteiger partial charge in [-0.1, -0.05) is 12.1 Å². The molecule has 0 amide bonds. The Balaban J connectivity index is 1.98. The summed E-state index contributed by atoms with van der Waals surface area (Å²) in [4.78, 5) is 0. The number of furan rings is 1. The third kappa shape index (κ3) is 3.80. The highest BCUT2D eigenvalue weighted by molar-refractivity contribution is 7.97. The molecule has 0 aliphatic rings. The van der Waals surface area contributed by atoms with Gasteiger partial charge in [-0.3, -0.25) is 0 Å². The Hall–Kier alpha value is -1.37. The fraction of sp³-hybridized carbons (Fsp3) is 0.231. The number of thioether (sulfide) groups is 1. The van der Waals surface area contributed by atoms with Crippen LogP contribution in [0.2, 0.25) is 0 Å². The summed E-state index contributed by atoms with van der Waals surface area (Å²) < 4.78 is 10.3. The zero-order valence-corrected chi connectivity index (χ0v) is 11.4. The van der Waals surface area contributed by atoms with Crippen molar-refractivity contribution < 1.29 is 19.2 Å². The van der Waals surface area contributed by atoms with E-state index in [1.807, 2.05) is 18.2 Å². The third-order valence-corrected chi connectivity index (χ3v) is 3.69. The third-order valence-electron chi connectivity index (χ3n) is 2.67. The van der Waals surface area contributed by atoms with Crippen molar-refractivity contribution >= 4 is 24.3 Å². The van der Waals surface area contributed by atoms with E-state index in [0.717, 1.165) is 22.8 Å². The van der Waals surface area contributed by atoms with Crippen molar-refractivity contribution in [3.63, 3.8) is 0 Å². The average molecular weight is 278 g/mol. The summed E-state index contributed by atoms with van der Waals surface area (Å²) in [5, 5.41) is 18.6. The van der Waals surface area contributed by atoms with E-state index in [-0.39, 0.29) is 0 Å². The van der Waals surface area contributed by atoms with Gasteiger partial charge >= 0.3 is 7.12 Å². The van der Waals surface area contributed by atoms with Crippen molar-refractivity contribution in [3.05, 3.63) is 47.9 Å². The molecule has 1 aromatic carbocycles. The molecule has 0 atom stereocenters. The van der Waals surface area contributed by atoms with Crippen LogP contribution in [0, 0.1) is 0 Å². The predicted molar refractivity (Wildman–Crippen MR) is 76.5 cm³/mol. The predicted octanol–water partition coefficient (Wildman–Crippen LogP) is 1.40. The van der Waals surface area contributed by atoms with Crippen LogP contribution in [0.3, 0.4) is 0 Å². The number of hydrogen-bond donors (Lipinski definition) is 2. The van der Waals surface area contributed by atoms with Gasteiger partial charge in [-0.05, 0) is 23.8 Å². The molecule has 19 heavy (non-hydrogen) atoms. The van der Waals surface area contributed by atoms with Gasteiger partial charge in [-0.25, -0.2) is 0 Å². The van der Waals surface area contributed by atoms with Crippen LogP contribution in [0.4, 0.5) is 0 Å². The highest BCUT2D eigenvalue weighted by Gasteiger charge is 2.17. The van der Waals surface area contributed by atoms with Crippen molar-refractivity contribution in [3.8, 4) is 5.75 Å². The zero-order chi connectivity index (χ0) is 13.7. The molecule has 1 heterocycles. The molecule has 2 N–H and O–H groups in total. The fourth-order valence-corrected chi connectivity index (χ4v) is 2.62. The molecule has 0 spiro atoms. The second-order valence-corrected chi connectivity index (χ2v) is 5.01. The molecule has 4 nitrogen and oxygen atoms in total. The van der Waals surface area contributed by atoms with E-state index in [1.54, 1.807) is 30.2 Å². The van der Waals surface area contributed by atoms with Crippen LogP contribution >= 0.6 is 11.8 Å². The lowest BCUT2D eigenvalue weighted by Crippen LogP contribution is -2.31. The maximum Gasteiger partial charge on any atom is 0.492 e. The zero-order valence-electron chi connectivity index (χ0n) is 10.6. The highest BCUT2D eigenvalue weighted by atomic mass is 32.2. The van der Waals surface area contributed by atoms with Crippen LogP contribution in [0.15, 0.2) is 41.0 Å². The Kier molecular flexibility index (Phi) is 4.96. The second-order valence-electron chi connectivity index (χ2n) is 4.02. The van der Waals surface area contributed by atoms with E-state index in [1.165, 1.54) is 7.11 Å². The molecule has 6 heteroatoms. The summed E-state index contributed by atoms with van der Waals surface area (Å²) in [6, 6.07) is 9.21. The number of ether oxygens (including phenoxy) is 1. The van der Waals surface area contributed by atoms with Crippen molar-refractivity contribution in [2.45, 2.75) is 11.5 Å².